The van der Waals surface area contributed by atoms with E-state index in [-0.39, 0.29) is 5.91 Å². The Morgan fingerprint density at radius 1 is 1.15 bits per heavy atom. The Morgan fingerprint density at radius 2 is 1.95 bits per heavy atom. The third kappa shape index (κ3) is 4.54. The second-order valence-electron chi connectivity index (χ2n) is 4.22. The van der Waals surface area contributed by atoms with E-state index in [9.17, 15) is 4.79 Å². The van der Waals surface area contributed by atoms with Gasteiger partial charge in [-0.1, -0.05) is 29.8 Å². The molecule has 2 N–H and O–H groups in total. The number of anilines is 2. The Balaban J connectivity index is 1.80. The fraction of sp³-hybridized carbons (Fsp3) is 0.133. The Hall–Kier alpha value is -1.52. The van der Waals surface area contributed by atoms with Crippen molar-refractivity contribution in [3.63, 3.8) is 0 Å². The Labute approximate surface area is 131 Å². The summed E-state index contributed by atoms with van der Waals surface area (Å²) in [5.74, 6) is -0.0492. The lowest BCUT2D eigenvalue weighted by Crippen LogP contribution is -2.16. The molecule has 0 atom stereocenters. The molecule has 0 aromatic heterocycles. The van der Waals surface area contributed by atoms with Crippen LogP contribution in [0.2, 0.25) is 5.02 Å². The normalized spacial score (nSPS) is 10.1. The van der Waals surface area contributed by atoms with Gasteiger partial charge in [-0.3, -0.25) is 4.79 Å². The minimum atomic E-state index is -0.0492. The van der Waals surface area contributed by atoms with Crippen LogP contribution in [0.25, 0.3) is 0 Å². The van der Waals surface area contributed by atoms with Crippen molar-refractivity contribution in [3.8, 4) is 0 Å². The van der Waals surface area contributed by atoms with E-state index >= 15 is 0 Å². The molecule has 2 aromatic carbocycles. The zero-order valence-corrected chi connectivity index (χ0v) is 13.0. The highest BCUT2D eigenvalue weighted by Gasteiger charge is 2.03. The highest BCUT2D eigenvalue weighted by molar-refractivity contribution is 9.10. The third-order valence-electron chi connectivity index (χ3n) is 2.65. The predicted molar refractivity (Wildman–Crippen MR) is 87.3 cm³/mol. The second kappa shape index (κ2) is 7.31. The molecule has 104 valence electrons. The Morgan fingerprint density at radius 3 is 2.70 bits per heavy atom. The van der Waals surface area contributed by atoms with E-state index in [1.165, 1.54) is 0 Å². The molecule has 0 bridgehead atoms. The van der Waals surface area contributed by atoms with Crippen molar-refractivity contribution in [1.82, 2.24) is 0 Å². The fourth-order valence-electron chi connectivity index (χ4n) is 1.70. The first-order chi connectivity index (χ1) is 9.65. The molecule has 0 unspecified atom stereocenters. The van der Waals surface area contributed by atoms with Gasteiger partial charge in [-0.15, -0.1) is 0 Å². The third-order valence-corrected chi connectivity index (χ3v) is 3.58. The summed E-state index contributed by atoms with van der Waals surface area (Å²) in [5, 5.41) is 6.62. The van der Waals surface area contributed by atoms with E-state index in [0.29, 0.717) is 23.7 Å². The summed E-state index contributed by atoms with van der Waals surface area (Å²) >= 11 is 9.31. The lowest BCUT2D eigenvalue weighted by atomic mass is 10.3. The van der Waals surface area contributed by atoms with Crippen LogP contribution in [0.5, 0.6) is 0 Å². The molecule has 20 heavy (non-hydrogen) atoms. The van der Waals surface area contributed by atoms with Gasteiger partial charge in [-0.05, 0) is 46.3 Å². The van der Waals surface area contributed by atoms with Gasteiger partial charge in [0.2, 0.25) is 5.91 Å². The highest BCUT2D eigenvalue weighted by atomic mass is 79.9. The van der Waals surface area contributed by atoms with E-state index in [1.807, 2.05) is 30.3 Å². The number of rotatable bonds is 5. The quantitative estimate of drug-likeness (QED) is 0.828. The van der Waals surface area contributed by atoms with Crippen molar-refractivity contribution in [2.24, 2.45) is 0 Å². The first kappa shape index (κ1) is 14.9. The van der Waals surface area contributed by atoms with E-state index in [1.54, 1.807) is 18.2 Å². The van der Waals surface area contributed by atoms with E-state index in [2.05, 4.69) is 26.6 Å². The predicted octanol–water partition coefficient (Wildman–Crippen LogP) is 4.54. The smallest absolute Gasteiger partial charge is 0.226 e. The highest BCUT2D eigenvalue weighted by Crippen LogP contribution is 2.21. The number of benzene rings is 2. The van der Waals surface area contributed by atoms with Crippen molar-refractivity contribution < 1.29 is 4.79 Å². The lowest BCUT2D eigenvalue weighted by Gasteiger charge is -2.09. The maximum atomic E-state index is 11.8. The summed E-state index contributed by atoms with van der Waals surface area (Å²) in [5.41, 5.74) is 1.69. The molecule has 0 aliphatic heterocycles. The monoisotopic (exact) mass is 352 g/mol. The van der Waals surface area contributed by atoms with Gasteiger partial charge in [-0.2, -0.15) is 0 Å². The topological polar surface area (TPSA) is 41.1 Å². The molecule has 0 radical (unpaired) electrons. The maximum Gasteiger partial charge on any atom is 0.226 e. The van der Waals surface area contributed by atoms with Crippen LogP contribution in [-0.4, -0.2) is 12.5 Å². The number of nitrogens with one attached hydrogen (secondary N) is 2. The molecule has 0 saturated heterocycles. The van der Waals surface area contributed by atoms with Crippen molar-refractivity contribution in [2.45, 2.75) is 6.42 Å². The fourth-order valence-corrected chi connectivity index (χ4v) is 2.32. The van der Waals surface area contributed by atoms with Crippen molar-refractivity contribution in [2.75, 3.05) is 17.2 Å². The molecule has 0 heterocycles. The minimum absolute atomic E-state index is 0.0492. The maximum absolute atomic E-state index is 11.8. The van der Waals surface area contributed by atoms with Gasteiger partial charge in [0, 0.05) is 33.8 Å². The summed E-state index contributed by atoms with van der Waals surface area (Å²) in [6.07, 6.45) is 0.383. The number of hydrogen-bond acceptors (Lipinski definition) is 2. The van der Waals surface area contributed by atoms with Gasteiger partial charge in [0.15, 0.2) is 0 Å². The van der Waals surface area contributed by atoms with Crippen LogP contribution in [0.1, 0.15) is 6.42 Å². The average Bonchev–Trinajstić information content (AvgIpc) is 2.41. The van der Waals surface area contributed by atoms with Crippen LogP contribution < -0.4 is 10.6 Å². The van der Waals surface area contributed by atoms with Gasteiger partial charge in [0.1, 0.15) is 0 Å². The number of carbonyl (C=O) groups is 1. The molecule has 0 aliphatic carbocycles. The van der Waals surface area contributed by atoms with Crippen LogP contribution >= 0.6 is 27.5 Å². The number of amides is 1. The van der Waals surface area contributed by atoms with Gasteiger partial charge >= 0.3 is 0 Å². The Kier molecular flexibility index (Phi) is 5.44. The van der Waals surface area contributed by atoms with Crippen LogP contribution in [-0.2, 0) is 4.79 Å². The molecule has 1 amide bonds. The zero-order chi connectivity index (χ0) is 14.4. The van der Waals surface area contributed by atoms with E-state index < -0.39 is 0 Å². The first-order valence-electron chi connectivity index (χ1n) is 6.19. The van der Waals surface area contributed by atoms with Gasteiger partial charge in [0.05, 0.1) is 0 Å². The van der Waals surface area contributed by atoms with Gasteiger partial charge in [0.25, 0.3) is 0 Å². The minimum Gasteiger partial charge on any atom is -0.384 e. The number of carbonyl (C=O) groups excluding carboxylic acids is 1. The standard InChI is InChI=1S/C15H14BrClN2O/c16-13-6-1-2-7-14(13)18-9-8-15(20)19-12-5-3-4-11(17)10-12/h1-7,10,18H,8-9H2,(H,19,20). The van der Waals surface area contributed by atoms with Gasteiger partial charge < -0.3 is 10.6 Å². The molecule has 2 rings (SSSR count). The SMILES string of the molecule is O=C(CCNc1ccccc1Br)Nc1cccc(Cl)c1. The molecule has 5 heteroatoms. The largest absolute Gasteiger partial charge is 0.384 e. The van der Waals surface area contributed by atoms with E-state index in [4.69, 9.17) is 11.6 Å². The molecule has 0 fully saturated rings. The number of hydrogen-bond donors (Lipinski definition) is 2. The Bertz CT molecular complexity index is 604. The van der Waals surface area contributed by atoms with Crippen LogP contribution in [0.4, 0.5) is 11.4 Å². The molecular formula is C15H14BrClN2O. The molecular weight excluding hydrogens is 340 g/mol. The molecule has 0 aliphatic rings. The van der Waals surface area contributed by atoms with Crippen molar-refractivity contribution >= 4 is 44.8 Å². The molecule has 2 aromatic rings. The summed E-state index contributed by atoms with van der Waals surface area (Å²) in [6, 6.07) is 14.9. The second-order valence-corrected chi connectivity index (χ2v) is 5.51. The summed E-state index contributed by atoms with van der Waals surface area (Å²) < 4.78 is 0.982. The molecule has 3 nitrogen and oxygen atoms in total. The van der Waals surface area contributed by atoms with Crippen LogP contribution in [0.15, 0.2) is 53.0 Å². The summed E-state index contributed by atoms with van der Waals surface area (Å²) in [6.45, 7) is 0.564. The molecule has 0 spiro atoms. The number of halogens is 2. The van der Waals surface area contributed by atoms with E-state index in [0.717, 1.165) is 10.2 Å². The lowest BCUT2D eigenvalue weighted by molar-refractivity contribution is -0.115. The van der Waals surface area contributed by atoms with Crippen molar-refractivity contribution in [1.29, 1.82) is 0 Å². The summed E-state index contributed by atoms with van der Waals surface area (Å²) in [4.78, 5) is 11.8. The number of para-hydroxylation sites is 1. The van der Waals surface area contributed by atoms with Crippen LogP contribution in [0.3, 0.4) is 0 Å². The average molecular weight is 354 g/mol. The molecule has 0 saturated carbocycles. The zero-order valence-electron chi connectivity index (χ0n) is 10.7. The van der Waals surface area contributed by atoms with Crippen molar-refractivity contribution in [3.05, 3.63) is 58.0 Å². The van der Waals surface area contributed by atoms with Crippen LogP contribution in [0, 0.1) is 0 Å². The summed E-state index contributed by atoms with van der Waals surface area (Å²) in [7, 11) is 0. The van der Waals surface area contributed by atoms with Gasteiger partial charge in [-0.25, -0.2) is 0 Å². The first-order valence-corrected chi connectivity index (χ1v) is 7.36.